The van der Waals surface area contributed by atoms with Crippen molar-refractivity contribution in [2.75, 3.05) is 13.2 Å². The van der Waals surface area contributed by atoms with Crippen LogP contribution in [-0.2, 0) is 28.6 Å². The Labute approximate surface area is 457 Å². The summed E-state index contributed by atoms with van der Waals surface area (Å²) in [6.07, 6.45) is 72.8. The molecule has 1 unspecified atom stereocenters. The number of carbonyl (C=O) groups is 3. The molecular formula is C67H130O6. The minimum Gasteiger partial charge on any atom is -0.462 e. The van der Waals surface area contributed by atoms with Gasteiger partial charge in [0.2, 0.25) is 0 Å². The van der Waals surface area contributed by atoms with Gasteiger partial charge in [0.1, 0.15) is 13.2 Å². The Morgan fingerprint density at radius 1 is 0.219 bits per heavy atom. The number of rotatable bonds is 63. The molecule has 1 atom stereocenters. The summed E-state index contributed by atoms with van der Waals surface area (Å²) in [6, 6.07) is 0. The van der Waals surface area contributed by atoms with Gasteiger partial charge in [-0.1, -0.05) is 355 Å². The molecule has 0 heterocycles. The summed E-state index contributed by atoms with van der Waals surface area (Å²) in [7, 11) is 0. The predicted octanol–water partition coefficient (Wildman–Crippen LogP) is 22.7. The van der Waals surface area contributed by atoms with Gasteiger partial charge < -0.3 is 14.2 Å². The standard InChI is InChI=1S/C67H130O6/c1-4-7-10-13-16-19-21-23-25-27-29-31-33-35-37-39-41-43-45-48-51-54-57-60-66(69)72-63-64(62-71-65(68)59-56-53-50-47-18-15-12-9-6-3)73-67(70)61-58-55-52-49-46-44-42-40-38-36-34-32-30-28-26-24-22-20-17-14-11-8-5-2/h64H,4-63H2,1-3H3. The maximum Gasteiger partial charge on any atom is 0.306 e. The minimum atomic E-state index is -0.762. The van der Waals surface area contributed by atoms with E-state index in [0.29, 0.717) is 19.3 Å². The third-order valence-corrected chi connectivity index (χ3v) is 15.6. The Kier molecular flexibility index (Phi) is 61.6. The summed E-state index contributed by atoms with van der Waals surface area (Å²) in [5.74, 6) is -0.829. The third kappa shape index (κ3) is 61.1. The lowest BCUT2D eigenvalue weighted by Crippen LogP contribution is -2.30. The van der Waals surface area contributed by atoms with Crippen LogP contribution in [0.25, 0.3) is 0 Å². The normalized spacial score (nSPS) is 11.9. The molecule has 0 radical (unpaired) electrons. The average molecular weight is 1030 g/mol. The maximum absolute atomic E-state index is 12.9. The number of hydrogen-bond acceptors (Lipinski definition) is 6. The van der Waals surface area contributed by atoms with Gasteiger partial charge in [-0.25, -0.2) is 0 Å². The van der Waals surface area contributed by atoms with Crippen LogP contribution in [0.2, 0.25) is 0 Å². The maximum atomic E-state index is 12.9. The number of unbranched alkanes of at least 4 members (excludes halogenated alkanes) is 52. The number of ether oxygens (including phenoxy) is 3. The van der Waals surface area contributed by atoms with Gasteiger partial charge >= 0.3 is 17.9 Å². The average Bonchev–Trinajstić information content (AvgIpc) is 3.39. The molecule has 0 fully saturated rings. The van der Waals surface area contributed by atoms with Crippen LogP contribution >= 0.6 is 0 Å². The molecule has 0 aromatic rings. The summed E-state index contributed by atoms with van der Waals surface area (Å²) in [4.78, 5) is 38.2. The highest BCUT2D eigenvalue weighted by molar-refractivity contribution is 5.71. The molecular weight excluding hydrogens is 901 g/mol. The van der Waals surface area contributed by atoms with Gasteiger partial charge in [-0.2, -0.15) is 0 Å². The Morgan fingerprint density at radius 2 is 0.370 bits per heavy atom. The molecule has 73 heavy (non-hydrogen) atoms. The molecule has 0 aromatic carbocycles. The van der Waals surface area contributed by atoms with Crippen LogP contribution in [0.5, 0.6) is 0 Å². The predicted molar refractivity (Wildman–Crippen MR) is 317 cm³/mol. The van der Waals surface area contributed by atoms with Gasteiger partial charge in [0.15, 0.2) is 6.10 Å². The fourth-order valence-electron chi connectivity index (χ4n) is 10.6. The Morgan fingerprint density at radius 3 is 0.548 bits per heavy atom. The second-order valence-electron chi connectivity index (χ2n) is 23.1. The van der Waals surface area contributed by atoms with Gasteiger partial charge in [-0.3, -0.25) is 14.4 Å². The Bertz CT molecular complexity index is 1090. The van der Waals surface area contributed by atoms with Gasteiger partial charge in [0, 0.05) is 19.3 Å². The lowest BCUT2D eigenvalue weighted by Gasteiger charge is -2.18. The van der Waals surface area contributed by atoms with Crippen molar-refractivity contribution in [2.45, 2.75) is 399 Å². The molecule has 0 saturated heterocycles. The molecule has 0 bridgehead atoms. The number of carbonyl (C=O) groups excluding carboxylic acids is 3. The van der Waals surface area contributed by atoms with Crippen molar-refractivity contribution < 1.29 is 28.6 Å². The molecule has 0 amide bonds. The SMILES string of the molecule is CCCCCCCCCCCCCCCCCCCCCCCCCC(=O)OCC(COC(=O)CCCCCCCCCCC)OC(=O)CCCCCCCCCCCCCCCCCCCCCCCCC. The molecule has 0 aromatic heterocycles. The van der Waals surface area contributed by atoms with E-state index in [0.717, 1.165) is 57.8 Å². The lowest BCUT2D eigenvalue weighted by atomic mass is 10.0. The van der Waals surface area contributed by atoms with Crippen molar-refractivity contribution in [3.63, 3.8) is 0 Å². The van der Waals surface area contributed by atoms with Crippen molar-refractivity contribution in [1.82, 2.24) is 0 Å². The van der Waals surface area contributed by atoms with Gasteiger partial charge in [0.05, 0.1) is 0 Å². The van der Waals surface area contributed by atoms with E-state index < -0.39 is 6.10 Å². The first kappa shape index (κ1) is 71.4. The van der Waals surface area contributed by atoms with Crippen LogP contribution in [0.15, 0.2) is 0 Å². The smallest absolute Gasteiger partial charge is 0.306 e. The summed E-state index contributed by atoms with van der Waals surface area (Å²) in [5, 5.41) is 0. The first-order chi connectivity index (χ1) is 36.0. The first-order valence-electron chi connectivity index (χ1n) is 33.5. The van der Waals surface area contributed by atoms with E-state index in [9.17, 15) is 14.4 Å². The zero-order chi connectivity index (χ0) is 52.9. The molecule has 0 saturated carbocycles. The van der Waals surface area contributed by atoms with E-state index in [1.807, 2.05) is 0 Å². The second-order valence-corrected chi connectivity index (χ2v) is 23.1. The highest BCUT2D eigenvalue weighted by atomic mass is 16.6. The van der Waals surface area contributed by atoms with Crippen molar-refractivity contribution in [2.24, 2.45) is 0 Å². The molecule has 434 valence electrons. The van der Waals surface area contributed by atoms with Gasteiger partial charge in [-0.15, -0.1) is 0 Å². The van der Waals surface area contributed by atoms with Crippen molar-refractivity contribution in [3.8, 4) is 0 Å². The zero-order valence-electron chi connectivity index (χ0n) is 50.0. The van der Waals surface area contributed by atoms with Crippen LogP contribution in [0.1, 0.15) is 393 Å². The summed E-state index contributed by atoms with van der Waals surface area (Å²) in [6.45, 7) is 6.71. The van der Waals surface area contributed by atoms with E-state index in [2.05, 4.69) is 20.8 Å². The first-order valence-corrected chi connectivity index (χ1v) is 33.5. The van der Waals surface area contributed by atoms with Gasteiger partial charge in [0.25, 0.3) is 0 Å². The number of hydrogen-bond donors (Lipinski definition) is 0. The van der Waals surface area contributed by atoms with Crippen LogP contribution in [-0.4, -0.2) is 37.2 Å². The summed E-state index contributed by atoms with van der Waals surface area (Å²) >= 11 is 0. The summed E-state index contributed by atoms with van der Waals surface area (Å²) in [5.41, 5.74) is 0. The molecule has 0 spiro atoms. The lowest BCUT2D eigenvalue weighted by molar-refractivity contribution is -0.167. The quantitative estimate of drug-likeness (QED) is 0.0343. The monoisotopic (exact) mass is 1030 g/mol. The minimum absolute atomic E-state index is 0.0609. The molecule has 0 aliphatic heterocycles. The van der Waals surface area contributed by atoms with E-state index in [-0.39, 0.29) is 31.1 Å². The molecule has 6 nitrogen and oxygen atoms in total. The van der Waals surface area contributed by atoms with Gasteiger partial charge in [-0.05, 0) is 19.3 Å². The van der Waals surface area contributed by atoms with Crippen molar-refractivity contribution >= 4 is 17.9 Å². The topological polar surface area (TPSA) is 78.9 Å². The summed E-state index contributed by atoms with van der Waals surface area (Å²) < 4.78 is 16.9. The van der Waals surface area contributed by atoms with E-state index in [1.165, 1.54) is 295 Å². The molecule has 0 rings (SSSR count). The Balaban J connectivity index is 4.11. The zero-order valence-corrected chi connectivity index (χ0v) is 50.0. The molecule has 6 heteroatoms. The highest BCUT2D eigenvalue weighted by Gasteiger charge is 2.19. The van der Waals surface area contributed by atoms with E-state index in [4.69, 9.17) is 14.2 Å². The number of esters is 3. The van der Waals surface area contributed by atoms with Crippen LogP contribution in [0.3, 0.4) is 0 Å². The van der Waals surface area contributed by atoms with Crippen LogP contribution < -0.4 is 0 Å². The fraction of sp³-hybridized carbons (Fsp3) is 0.955. The van der Waals surface area contributed by atoms with Crippen LogP contribution in [0, 0.1) is 0 Å². The molecule has 0 aliphatic rings. The second kappa shape index (κ2) is 62.9. The Hall–Kier alpha value is -1.59. The van der Waals surface area contributed by atoms with Crippen molar-refractivity contribution in [1.29, 1.82) is 0 Å². The highest BCUT2D eigenvalue weighted by Crippen LogP contribution is 2.19. The third-order valence-electron chi connectivity index (χ3n) is 15.6. The van der Waals surface area contributed by atoms with Crippen LogP contribution in [0.4, 0.5) is 0 Å². The largest absolute Gasteiger partial charge is 0.462 e. The molecule has 0 aliphatic carbocycles. The van der Waals surface area contributed by atoms with Crippen molar-refractivity contribution in [3.05, 3.63) is 0 Å². The van der Waals surface area contributed by atoms with E-state index >= 15 is 0 Å². The molecule has 0 N–H and O–H groups in total. The fourth-order valence-corrected chi connectivity index (χ4v) is 10.6. The van der Waals surface area contributed by atoms with E-state index in [1.54, 1.807) is 0 Å².